The summed E-state index contributed by atoms with van der Waals surface area (Å²) in [6, 6.07) is 0. The molecule has 35 heavy (non-hydrogen) atoms. The van der Waals surface area contributed by atoms with Gasteiger partial charge in [-0.15, -0.1) is 0 Å². The molecule has 0 N–H and O–H groups in total. The van der Waals surface area contributed by atoms with Crippen LogP contribution in [0.15, 0.2) is 11.9 Å². The largest absolute Gasteiger partial charge is 0.468 e. The van der Waals surface area contributed by atoms with E-state index < -0.39 is 25.4 Å². The normalized spacial score (nSPS) is 13.7. The van der Waals surface area contributed by atoms with Gasteiger partial charge in [-0.1, -0.05) is 116 Å². The fraction of sp³-hybridized carbons (Fsp3) is 0.857. The number of carbonyl (C=O) groups is 2. The first-order chi connectivity index (χ1) is 16.8. The van der Waals surface area contributed by atoms with E-state index in [0.717, 1.165) is 19.3 Å². The van der Waals surface area contributed by atoms with Gasteiger partial charge in [0.1, 0.15) is 11.7 Å². The van der Waals surface area contributed by atoms with Crippen molar-refractivity contribution in [2.75, 3.05) is 21.3 Å². The Balaban J connectivity index is 4.20. The van der Waals surface area contributed by atoms with Crippen LogP contribution in [0.3, 0.4) is 0 Å². The van der Waals surface area contributed by atoms with Crippen molar-refractivity contribution < 1.29 is 27.9 Å². The highest BCUT2D eigenvalue weighted by molar-refractivity contribution is 7.57. The zero-order chi connectivity index (χ0) is 26.4. The minimum absolute atomic E-state index is 0.257. The van der Waals surface area contributed by atoms with Gasteiger partial charge >= 0.3 is 13.6 Å². The van der Waals surface area contributed by atoms with E-state index in [0.29, 0.717) is 6.42 Å². The standard InChI is InChI=1S/C28H53O6P/c1-6-7-8-9-10-11-12-13-14-15-16-17-18-19-20-21-22-26(23-24-35(31,33-4)34-5)27(25(2)29)28(30)32-3/h23-24,26-27H,6-22H2,1-5H3/b24-23+. The second kappa shape index (κ2) is 22.2. The predicted octanol–water partition coefficient (Wildman–Crippen LogP) is 8.63. The van der Waals surface area contributed by atoms with E-state index in [-0.39, 0.29) is 5.78 Å². The molecule has 6 nitrogen and oxygen atoms in total. The molecular formula is C28H53O6P. The van der Waals surface area contributed by atoms with E-state index in [9.17, 15) is 14.2 Å². The Morgan fingerprint density at radius 3 is 1.46 bits per heavy atom. The van der Waals surface area contributed by atoms with Crippen molar-refractivity contribution in [1.29, 1.82) is 0 Å². The van der Waals surface area contributed by atoms with Crippen LogP contribution in [0, 0.1) is 11.8 Å². The Labute approximate surface area is 215 Å². The lowest BCUT2D eigenvalue weighted by molar-refractivity contribution is -0.150. The van der Waals surface area contributed by atoms with Crippen LogP contribution in [-0.2, 0) is 27.9 Å². The number of allylic oxidation sites excluding steroid dienone is 1. The summed E-state index contributed by atoms with van der Waals surface area (Å²) in [5, 5.41) is 0. The van der Waals surface area contributed by atoms with Gasteiger partial charge in [0.25, 0.3) is 0 Å². The molecule has 2 unspecified atom stereocenters. The Kier molecular flexibility index (Phi) is 21.6. The number of unbranched alkanes of at least 4 members (excludes halogenated alkanes) is 15. The first-order valence-corrected chi connectivity index (χ1v) is 15.4. The van der Waals surface area contributed by atoms with Gasteiger partial charge in [0, 0.05) is 20.0 Å². The van der Waals surface area contributed by atoms with E-state index in [4.69, 9.17) is 13.8 Å². The van der Waals surface area contributed by atoms with Crippen LogP contribution in [-0.4, -0.2) is 33.1 Å². The molecule has 0 aromatic rings. The maximum Gasteiger partial charge on any atom is 0.353 e. The molecule has 0 radical (unpaired) electrons. The van der Waals surface area contributed by atoms with E-state index in [1.165, 1.54) is 118 Å². The Morgan fingerprint density at radius 2 is 1.11 bits per heavy atom. The summed E-state index contributed by atoms with van der Waals surface area (Å²) in [6.45, 7) is 3.66. The number of rotatable bonds is 24. The molecule has 2 atom stereocenters. The van der Waals surface area contributed by atoms with Crippen LogP contribution in [0.4, 0.5) is 0 Å². The SMILES string of the molecule is CCCCCCCCCCCCCCCCCCC(/C=C/P(=O)(OC)OC)C(C(C)=O)C(=O)OC. The molecule has 0 heterocycles. The molecule has 206 valence electrons. The van der Waals surface area contributed by atoms with E-state index >= 15 is 0 Å². The molecule has 7 heteroatoms. The van der Waals surface area contributed by atoms with Gasteiger partial charge in [-0.05, 0) is 19.3 Å². The molecule has 0 saturated heterocycles. The number of esters is 1. The third-order valence-corrected chi connectivity index (χ3v) is 8.29. The third kappa shape index (κ3) is 17.2. The summed E-state index contributed by atoms with van der Waals surface area (Å²) in [7, 11) is 0.532. The highest BCUT2D eigenvalue weighted by Gasteiger charge is 2.32. The Hall–Kier alpha value is -0.970. The second-order valence-corrected chi connectivity index (χ2v) is 11.7. The van der Waals surface area contributed by atoms with Crippen molar-refractivity contribution in [3.8, 4) is 0 Å². The first-order valence-electron chi connectivity index (χ1n) is 13.8. The fourth-order valence-corrected chi connectivity index (χ4v) is 5.31. The molecule has 0 aliphatic carbocycles. The summed E-state index contributed by atoms with van der Waals surface area (Å²) >= 11 is 0. The third-order valence-electron chi connectivity index (χ3n) is 6.74. The van der Waals surface area contributed by atoms with Gasteiger partial charge in [-0.3, -0.25) is 14.2 Å². The average Bonchev–Trinajstić information content (AvgIpc) is 2.86. The zero-order valence-electron chi connectivity index (χ0n) is 23.2. The van der Waals surface area contributed by atoms with Crippen molar-refractivity contribution in [2.24, 2.45) is 11.8 Å². The average molecular weight is 517 g/mol. The summed E-state index contributed by atoms with van der Waals surface area (Å²) in [5.41, 5.74) is 0. The fourth-order valence-electron chi connectivity index (χ4n) is 4.48. The van der Waals surface area contributed by atoms with Crippen LogP contribution in [0.25, 0.3) is 0 Å². The molecule has 0 bridgehead atoms. The van der Waals surface area contributed by atoms with E-state index in [1.807, 2.05) is 0 Å². The lowest BCUT2D eigenvalue weighted by Crippen LogP contribution is -2.30. The minimum atomic E-state index is -3.36. The number of hydrogen-bond acceptors (Lipinski definition) is 6. The highest BCUT2D eigenvalue weighted by atomic mass is 31.2. The zero-order valence-corrected chi connectivity index (χ0v) is 24.1. The van der Waals surface area contributed by atoms with Crippen molar-refractivity contribution in [2.45, 2.75) is 123 Å². The highest BCUT2D eigenvalue weighted by Crippen LogP contribution is 2.48. The van der Waals surface area contributed by atoms with Gasteiger partial charge in [0.05, 0.1) is 7.11 Å². The molecule has 0 saturated carbocycles. The Bertz CT molecular complexity index is 611. The summed E-state index contributed by atoms with van der Waals surface area (Å²) in [4.78, 5) is 24.4. The van der Waals surface area contributed by atoms with Gasteiger partial charge in [0.15, 0.2) is 0 Å². The van der Waals surface area contributed by atoms with Gasteiger partial charge < -0.3 is 13.8 Å². The predicted molar refractivity (Wildman–Crippen MR) is 145 cm³/mol. The van der Waals surface area contributed by atoms with Gasteiger partial charge in [0.2, 0.25) is 0 Å². The molecule has 0 aromatic heterocycles. The second-order valence-electron chi connectivity index (χ2n) is 9.61. The molecule has 0 spiro atoms. The molecule has 0 amide bonds. The van der Waals surface area contributed by atoms with Crippen molar-refractivity contribution in [3.05, 3.63) is 11.9 Å². The van der Waals surface area contributed by atoms with Gasteiger partial charge in [-0.25, -0.2) is 0 Å². The van der Waals surface area contributed by atoms with Crippen LogP contribution in [0.2, 0.25) is 0 Å². The number of Topliss-reactive ketones (excluding diaryl/α,β-unsaturated/α-hetero) is 1. The topological polar surface area (TPSA) is 78.9 Å². The maximum atomic E-state index is 12.4. The first kappa shape index (κ1) is 34.0. The van der Waals surface area contributed by atoms with Crippen LogP contribution in [0.1, 0.15) is 123 Å². The van der Waals surface area contributed by atoms with Crippen molar-refractivity contribution in [3.63, 3.8) is 0 Å². The lowest BCUT2D eigenvalue weighted by Gasteiger charge is -2.21. The smallest absolute Gasteiger partial charge is 0.353 e. The molecule has 0 aliphatic rings. The lowest BCUT2D eigenvalue weighted by atomic mass is 9.85. The summed E-state index contributed by atoms with van der Waals surface area (Å²) in [6.07, 6.45) is 22.9. The number of methoxy groups -OCH3 is 1. The number of ether oxygens (including phenoxy) is 1. The van der Waals surface area contributed by atoms with Crippen LogP contribution in [0.5, 0.6) is 0 Å². The summed E-state index contributed by atoms with van der Waals surface area (Å²) in [5.74, 6) is -0.774. The molecule has 0 rings (SSSR count). The molecular weight excluding hydrogens is 463 g/mol. The van der Waals surface area contributed by atoms with Crippen molar-refractivity contribution >= 4 is 19.3 Å². The minimum Gasteiger partial charge on any atom is -0.468 e. The summed E-state index contributed by atoms with van der Waals surface area (Å²) < 4.78 is 27.1. The molecule has 0 fully saturated rings. The maximum absolute atomic E-state index is 12.4. The molecule has 0 aromatic carbocycles. The monoisotopic (exact) mass is 516 g/mol. The van der Waals surface area contributed by atoms with Gasteiger partial charge in [-0.2, -0.15) is 0 Å². The quantitative estimate of drug-likeness (QED) is 0.0553. The molecule has 0 aliphatic heterocycles. The number of hydrogen-bond donors (Lipinski definition) is 0. The van der Waals surface area contributed by atoms with Crippen molar-refractivity contribution in [1.82, 2.24) is 0 Å². The van der Waals surface area contributed by atoms with Crippen LogP contribution >= 0.6 is 7.60 Å². The number of ketones is 1. The van der Waals surface area contributed by atoms with E-state index in [1.54, 1.807) is 6.08 Å². The number of carbonyl (C=O) groups excluding carboxylic acids is 2. The Morgan fingerprint density at radius 1 is 0.714 bits per heavy atom. The van der Waals surface area contributed by atoms with Crippen LogP contribution < -0.4 is 0 Å². The van der Waals surface area contributed by atoms with E-state index in [2.05, 4.69) is 6.92 Å².